The molecule has 2 rings (SSSR count). The molecule has 104 valence electrons. The minimum atomic E-state index is -0.491. The topological polar surface area (TPSA) is 110 Å². The quantitative estimate of drug-likeness (QED) is 0.482. The second kappa shape index (κ2) is 5.35. The first-order valence-electron chi connectivity index (χ1n) is 6.27. The third-order valence-corrected chi connectivity index (χ3v) is 3.53. The van der Waals surface area contributed by atoms with Crippen LogP contribution < -0.4 is 16.2 Å². The Balaban J connectivity index is 2.41. The SMILES string of the molecule is CC1CCN(c2ncnc(NN)c2[N+](=O)[O-])C(C)C1. The van der Waals surface area contributed by atoms with Gasteiger partial charge in [-0.15, -0.1) is 0 Å². The van der Waals surface area contributed by atoms with Crippen molar-refractivity contribution in [2.75, 3.05) is 16.9 Å². The highest BCUT2D eigenvalue weighted by Gasteiger charge is 2.32. The number of hydrogen-bond donors (Lipinski definition) is 2. The average Bonchev–Trinajstić information content (AvgIpc) is 2.37. The van der Waals surface area contributed by atoms with E-state index >= 15 is 0 Å². The molecule has 2 unspecified atom stereocenters. The van der Waals surface area contributed by atoms with Crippen molar-refractivity contribution in [3.05, 3.63) is 16.4 Å². The van der Waals surface area contributed by atoms with Gasteiger partial charge in [0, 0.05) is 12.6 Å². The average molecular weight is 266 g/mol. The number of nitrogens with one attached hydrogen (secondary N) is 1. The van der Waals surface area contributed by atoms with E-state index in [-0.39, 0.29) is 17.5 Å². The lowest BCUT2D eigenvalue weighted by Crippen LogP contribution is -2.41. The van der Waals surface area contributed by atoms with Crippen LogP contribution in [0.4, 0.5) is 17.3 Å². The van der Waals surface area contributed by atoms with Crippen molar-refractivity contribution in [2.45, 2.75) is 32.7 Å². The smallest absolute Gasteiger partial charge is 0.348 e. The summed E-state index contributed by atoms with van der Waals surface area (Å²) in [6, 6.07) is 0.211. The molecule has 0 spiro atoms. The molecule has 0 saturated carbocycles. The monoisotopic (exact) mass is 266 g/mol. The van der Waals surface area contributed by atoms with Crippen molar-refractivity contribution in [3.8, 4) is 0 Å². The first kappa shape index (κ1) is 13.5. The summed E-state index contributed by atoms with van der Waals surface area (Å²) >= 11 is 0. The molecule has 8 nitrogen and oxygen atoms in total. The van der Waals surface area contributed by atoms with Gasteiger partial charge in [0.1, 0.15) is 6.33 Å². The highest BCUT2D eigenvalue weighted by atomic mass is 16.6. The summed E-state index contributed by atoms with van der Waals surface area (Å²) in [5, 5.41) is 11.2. The van der Waals surface area contributed by atoms with E-state index in [4.69, 9.17) is 5.84 Å². The van der Waals surface area contributed by atoms with Crippen LogP contribution in [0.15, 0.2) is 6.33 Å². The summed E-state index contributed by atoms with van der Waals surface area (Å²) in [5.41, 5.74) is 2.10. The summed E-state index contributed by atoms with van der Waals surface area (Å²) in [5.74, 6) is 6.29. The Morgan fingerprint density at radius 2 is 2.26 bits per heavy atom. The van der Waals surface area contributed by atoms with Gasteiger partial charge in [-0.05, 0) is 25.7 Å². The molecule has 19 heavy (non-hydrogen) atoms. The Morgan fingerprint density at radius 1 is 1.53 bits per heavy atom. The molecule has 0 radical (unpaired) electrons. The van der Waals surface area contributed by atoms with Crippen molar-refractivity contribution in [1.82, 2.24) is 9.97 Å². The number of nitro groups is 1. The van der Waals surface area contributed by atoms with Gasteiger partial charge in [0.25, 0.3) is 0 Å². The molecule has 1 aromatic rings. The van der Waals surface area contributed by atoms with E-state index in [2.05, 4.69) is 29.2 Å². The van der Waals surface area contributed by atoms with Crippen molar-refractivity contribution in [2.24, 2.45) is 11.8 Å². The van der Waals surface area contributed by atoms with Crippen LogP contribution in [-0.2, 0) is 0 Å². The maximum atomic E-state index is 11.2. The van der Waals surface area contributed by atoms with E-state index in [0.717, 1.165) is 19.4 Å². The number of aromatic nitrogens is 2. The molecule has 1 aliphatic heterocycles. The lowest BCUT2D eigenvalue weighted by atomic mass is 9.93. The Kier molecular flexibility index (Phi) is 3.79. The Hall–Kier alpha value is -1.96. The van der Waals surface area contributed by atoms with Crippen LogP contribution in [0.25, 0.3) is 0 Å². The molecule has 1 fully saturated rings. The van der Waals surface area contributed by atoms with Crippen molar-refractivity contribution in [1.29, 1.82) is 0 Å². The Labute approximate surface area is 111 Å². The number of anilines is 2. The predicted octanol–water partition coefficient (Wildman–Crippen LogP) is 1.30. The van der Waals surface area contributed by atoms with E-state index in [1.807, 2.05) is 4.90 Å². The van der Waals surface area contributed by atoms with Gasteiger partial charge in [-0.25, -0.2) is 15.8 Å². The zero-order valence-corrected chi connectivity index (χ0v) is 11.0. The standard InChI is InChI=1S/C11H18N6O2/c1-7-3-4-16(8(2)5-7)11-9(17(18)19)10(15-12)13-6-14-11/h6-8H,3-5,12H2,1-2H3,(H,13,14,15). The van der Waals surface area contributed by atoms with Gasteiger partial charge < -0.3 is 10.3 Å². The lowest BCUT2D eigenvalue weighted by molar-refractivity contribution is -0.383. The highest BCUT2D eigenvalue weighted by molar-refractivity contribution is 5.70. The summed E-state index contributed by atoms with van der Waals surface area (Å²) in [6.45, 7) is 5.00. The fourth-order valence-electron chi connectivity index (χ4n) is 2.58. The number of nitrogens with two attached hydrogens (primary N) is 1. The molecule has 2 heterocycles. The molecule has 8 heteroatoms. The maximum absolute atomic E-state index is 11.2. The minimum absolute atomic E-state index is 0.0424. The van der Waals surface area contributed by atoms with Gasteiger partial charge in [0.15, 0.2) is 0 Å². The second-order valence-corrected chi connectivity index (χ2v) is 4.97. The Morgan fingerprint density at radius 3 is 2.84 bits per heavy atom. The van der Waals surface area contributed by atoms with Crippen LogP contribution in [0.3, 0.4) is 0 Å². The summed E-state index contributed by atoms with van der Waals surface area (Å²) < 4.78 is 0. The van der Waals surface area contributed by atoms with Crippen molar-refractivity contribution >= 4 is 17.3 Å². The molecule has 1 aliphatic rings. The van der Waals surface area contributed by atoms with Crippen LogP contribution in [0, 0.1) is 16.0 Å². The fourth-order valence-corrected chi connectivity index (χ4v) is 2.58. The molecule has 0 amide bonds. The van der Waals surface area contributed by atoms with Crippen LogP contribution in [0.2, 0.25) is 0 Å². The highest BCUT2D eigenvalue weighted by Crippen LogP contribution is 2.35. The molecular weight excluding hydrogens is 248 g/mol. The number of nitrogen functional groups attached to an aromatic ring is 1. The summed E-state index contributed by atoms with van der Waals surface area (Å²) in [7, 11) is 0. The van der Waals surface area contributed by atoms with Crippen LogP contribution in [-0.4, -0.2) is 27.5 Å². The third-order valence-electron chi connectivity index (χ3n) is 3.53. The first-order chi connectivity index (χ1) is 9.04. The van der Waals surface area contributed by atoms with E-state index in [0.29, 0.717) is 11.7 Å². The summed E-state index contributed by atoms with van der Waals surface area (Å²) in [6.07, 6.45) is 3.28. The number of piperidine rings is 1. The lowest BCUT2D eigenvalue weighted by Gasteiger charge is -2.36. The van der Waals surface area contributed by atoms with E-state index in [1.54, 1.807) is 0 Å². The van der Waals surface area contributed by atoms with Crippen molar-refractivity contribution < 1.29 is 4.92 Å². The largest absolute Gasteiger partial charge is 0.354 e. The molecule has 2 atom stereocenters. The fraction of sp³-hybridized carbons (Fsp3) is 0.636. The normalized spacial score (nSPS) is 23.2. The molecular formula is C11H18N6O2. The number of hydrazine groups is 1. The molecule has 0 aliphatic carbocycles. The van der Waals surface area contributed by atoms with Gasteiger partial charge in [-0.3, -0.25) is 10.1 Å². The van der Waals surface area contributed by atoms with Gasteiger partial charge in [0.2, 0.25) is 11.6 Å². The predicted molar refractivity (Wildman–Crippen MR) is 71.7 cm³/mol. The van der Waals surface area contributed by atoms with Gasteiger partial charge in [0.05, 0.1) is 4.92 Å². The molecule has 0 bridgehead atoms. The van der Waals surface area contributed by atoms with E-state index < -0.39 is 4.92 Å². The maximum Gasteiger partial charge on any atom is 0.354 e. The third kappa shape index (κ3) is 2.58. The van der Waals surface area contributed by atoms with Crippen LogP contribution in [0.1, 0.15) is 26.7 Å². The molecule has 0 aromatic carbocycles. The van der Waals surface area contributed by atoms with Crippen LogP contribution >= 0.6 is 0 Å². The molecule has 1 aromatic heterocycles. The Bertz CT molecular complexity index is 480. The number of rotatable bonds is 3. The zero-order valence-electron chi connectivity index (χ0n) is 11.0. The zero-order chi connectivity index (χ0) is 14.0. The number of hydrogen-bond acceptors (Lipinski definition) is 7. The minimum Gasteiger partial charge on any atom is -0.348 e. The van der Waals surface area contributed by atoms with Gasteiger partial charge in [-0.1, -0.05) is 6.92 Å². The van der Waals surface area contributed by atoms with E-state index in [1.165, 1.54) is 6.33 Å². The van der Waals surface area contributed by atoms with Crippen molar-refractivity contribution in [3.63, 3.8) is 0 Å². The van der Waals surface area contributed by atoms with Gasteiger partial charge >= 0.3 is 5.69 Å². The van der Waals surface area contributed by atoms with Crippen LogP contribution in [0.5, 0.6) is 0 Å². The first-order valence-corrected chi connectivity index (χ1v) is 6.27. The number of nitrogens with zero attached hydrogens (tertiary/aromatic N) is 4. The van der Waals surface area contributed by atoms with Gasteiger partial charge in [-0.2, -0.15) is 0 Å². The molecule has 3 N–H and O–H groups in total. The van der Waals surface area contributed by atoms with E-state index in [9.17, 15) is 10.1 Å². The summed E-state index contributed by atoms with van der Waals surface area (Å²) in [4.78, 5) is 20.6. The second-order valence-electron chi connectivity index (χ2n) is 4.97. The molecule has 1 saturated heterocycles.